The number of nitrogens with one attached hydrogen (secondary N) is 2. The fraction of sp³-hybridized carbons (Fsp3) is 0.400. The maximum absolute atomic E-state index is 12.0. The highest BCUT2D eigenvalue weighted by atomic mass is 32.2. The Bertz CT molecular complexity index is 600. The number of carbonyl (C=O) groups is 1. The first-order chi connectivity index (χ1) is 8.53. The minimum absolute atomic E-state index is 0.0532. The van der Waals surface area contributed by atoms with Crippen LogP contribution >= 0.6 is 11.3 Å². The van der Waals surface area contributed by atoms with Crippen LogP contribution in [0.15, 0.2) is 16.3 Å². The number of nitrogens with zero attached hydrogens (tertiary/aromatic N) is 1. The molecule has 1 fully saturated rings. The van der Waals surface area contributed by atoms with Crippen LogP contribution in [0.4, 0.5) is 0 Å². The van der Waals surface area contributed by atoms with Crippen molar-refractivity contribution in [2.24, 2.45) is 0 Å². The van der Waals surface area contributed by atoms with Gasteiger partial charge in [0.1, 0.15) is 21.2 Å². The van der Waals surface area contributed by atoms with Gasteiger partial charge in [0, 0.05) is 6.54 Å². The monoisotopic (exact) mass is 285 g/mol. The second kappa shape index (κ2) is 5.06. The normalized spacial score (nSPS) is 20.2. The Morgan fingerprint density at radius 2 is 2.28 bits per heavy atom. The third-order valence-corrected chi connectivity index (χ3v) is 5.49. The Morgan fingerprint density at radius 3 is 2.89 bits per heavy atom. The topological polar surface area (TPSA) is 99.1 Å². The van der Waals surface area contributed by atoms with Crippen LogP contribution in [0.2, 0.25) is 0 Å². The zero-order chi connectivity index (χ0) is 13.2. The maximum Gasteiger partial charge on any atom is 0.250 e. The maximum atomic E-state index is 12.0. The number of hydrogen-bond donors (Lipinski definition) is 2. The second-order valence-electron chi connectivity index (χ2n) is 3.84. The standard InChI is InChI=1S/C10H11N3O3S2/c11-6-7-3-4-9(17-7)18(15,16)13-8-2-1-5-12-10(8)14/h3-4,8,13H,1-2,5H2,(H,12,14). The zero-order valence-corrected chi connectivity index (χ0v) is 11.0. The molecule has 2 N–H and O–H groups in total. The Morgan fingerprint density at radius 1 is 1.50 bits per heavy atom. The lowest BCUT2D eigenvalue weighted by Gasteiger charge is -2.22. The number of thiophene rings is 1. The number of hydrogen-bond acceptors (Lipinski definition) is 5. The van der Waals surface area contributed by atoms with Crippen LogP contribution in [0.25, 0.3) is 0 Å². The van der Waals surface area contributed by atoms with E-state index in [1.165, 1.54) is 12.1 Å². The first-order valence-electron chi connectivity index (χ1n) is 5.33. The van der Waals surface area contributed by atoms with Gasteiger partial charge in [0.15, 0.2) is 0 Å². The molecule has 1 aromatic heterocycles. The second-order valence-corrected chi connectivity index (χ2v) is 6.86. The first-order valence-corrected chi connectivity index (χ1v) is 7.63. The largest absolute Gasteiger partial charge is 0.355 e. The van der Waals surface area contributed by atoms with Gasteiger partial charge in [0.2, 0.25) is 5.91 Å². The number of piperidine rings is 1. The van der Waals surface area contributed by atoms with Gasteiger partial charge >= 0.3 is 0 Å². The van der Waals surface area contributed by atoms with Crippen molar-refractivity contribution in [2.75, 3.05) is 6.54 Å². The van der Waals surface area contributed by atoms with E-state index >= 15 is 0 Å². The van der Waals surface area contributed by atoms with Crippen LogP contribution in [0, 0.1) is 11.3 Å². The lowest BCUT2D eigenvalue weighted by Crippen LogP contribution is -2.49. The summed E-state index contributed by atoms with van der Waals surface area (Å²) in [5, 5.41) is 11.3. The van der Waals surface area contributed by atoms with Gasteiger partial charge in [0.25, 0.3) is 10.0 Å². The molecule has 0 bridgehead atoms. The van der Waals surface area contributed by atoms with Crippen molar-refractivity contribution in [1.82, 2.24) is 10.0 Å². The molecular weight excluding hydrogens is 274 g/mol. The molecule has 0 radical (unpaired) electrons. The van der Waals surface area contributed by atoms with Crippen molar-refractivity contribution in [3.63, 3.8) is 0 Å². The molecule has 0 saturated carbocycles. The van der Waals surface area contributed by atoms with E-state index in [0.29, 0.717) is 17.8 Å². The highest BCUT2D eigenvalue weighted by Gasteiger charge is 2.28. The number of rotatable bonds is 3. The van der Waals surface area contributed by atoms with Gasteiger partial charge in [-0.2, -0.15) is 9.98 Å². The van der Waals surface area contributed by atoms with E-state index in [1.54, 1.807) is 0 Å². The van der Waals surface area contributed by atoms with Crippen molar-refractivity contribution < 1.29 is 13.2 Å². The predicted molar refractivity (Wildman–Crippen MR) is 65.4 cm³/mol. The van der Waals surface area contributed by atoms with E-state index in [9.17, 15) is 13.2 Å². The molecule has 1 saturated heterocycles. The zero-order valence-electron chi connectivity index (χ0n) is 9.34. The summed E-state index contributed by atoms with van der Waals surface area (Å²) >= 11 is 0.886. The first kappa shape index (κ1) is 13.0. The van der Waals surface area contributed by atoms with Crippen LogP contribution in [0.5, 0.6) is 0 Å². The molecule has 18 heavy (non-hydrogen) atoms. The van der Waals surface area contributed by atoms with Gasteiger partial charge in [-0.05, 0) is 25.0 Å². The van der Waals surface area contributed by atoms with Gasteiger partial charge in [-0.1, -0.05) is 0 Å². The molecule has 1 unspecified atom stereocenters. The summed E-state index contributed by atoms with van der Waals surface area (Å²) in [5.41, 5.74) is 0. The average Bonchev–Trinajstić information content (AvgIpc) is 2.81. The SMILES string of the molecule is N#Cc1ccc(S(=O)(=O)NC2CCCNC2=O)s1. The van der Waals surface area contributed by atoms with E-state index in [2.05, 4.69) is 10.0 Å². The summed E-state index contributed by atoms with van der Waals surface area (Å²) in [6.45, 7) is 0.578. The molecule has 1 amide bonds. The lowest BCUT2D eigenvalue weighted by molar-refractivity contribution is -0.124. The van der Waals surface area contributed by atoms with Gasteiger partial charge in [-0.3, -0.25) is 4.79 Å². The van der Waals surface area contributed by atoms with Crippen molar-refractivity contribution >= 4 is 27.3 Å². The van der Waals surface area contributed by atoms with Crippen molar-refractivity contribution in [2.45, 2.75) is 23.1 Å². The minimum atomic E-state index is -3.73. The molecule has 8 heteroatoms. The molecule has 0 spiro atoms. The van der Waals surface area contributed by atoms with E-state index in [-0.39, 0.29) is 10.1 Å². The lowest BCUT2D eigenvalue weighted by atomic mass is 10.1. The number of nitriles is 1. The molecule has 0 aliphatic carbocycles. The van der Waals surface area contributed by atoms with Crippen molar-refractivity contribution in [1.29, 1.82) is 5.26 Å². The van der Waals surface area contributed by atoms with Crippen molar-refractivity contribution in [3.8, 4) is 6.07 Å². The Balaban J connectivity index is 2.16. The molecule has 6 nitrogen and oxygen atoms in total. The number of amides is 1. The van der Waals surface area contributed by atoms with E-state index in [1.807, 2.05) is 6.07 Å². The number of sulfonamides is 1. The molecular formula is C10H11N3O3S2. The smallest absolute Gasteiger partial charge is 0.250 e. The third-order valence-electron chi connectivity index (χ3n) is 2.54. The summed E-state index contributed by atoms with van der Waals surface area (Å²) in [6.07, 6.45) is 1.23. The molecule has 1 atom stereocenters. The third kappa shape index (κ3) is 2.69. The van der Waals surface area contributed by atoms with E-state index in [4.69, 9.17) is 5.26 Å². The van der Waals surface area contributed by atoms with Crippen LogP contribution in [0.1, 0.15) is 17.7 Å². The predicted octanol–water partition coefficient (Wildman–Crippen LogP) is 0.177. The van der Waals surface area contributed by atoms with Gasteiger partial charge < -0.3 is 5.32 Å². The quantitative estimate of drug-likeness (QED) is 0.827. The fourth-order valence-electron chi connectivity index (χ4n) is 1.65. The Labute approximate surface area is 109 Å². The average molecular weight is 285 g/mol. The van der Waals surface area contributed by atoms with Crippen molar-refractivity contribution in [3.05, 3.63) is 17.0 Å². The molecule has 1 aliphatic heterocycles. The van der Waals surface area contributed by atoms with Gasteiger partial charge in [-0.25, -0.2) is 8.42 Å². The van der Waals surface area contributed by atoms with Crippen LogP contribution in [0.3, 0.4) is 0 Å². The van der Waals surface area contributed by atoms with Gasteiger partial charge in [0.05, 0.1) is 0 Å². The van der Waals surface area contributed by atoms with Crippen LogP contribution < -0.4 is 10.0 Å². The molecule has 2 heterocycles. The molecule has 1 aromatic rings. The highest BCUT2D eigenvalue weighted by Crippen LogP contribution is 2.21. The van der Waals surface area contributed by atoms with E-state index in [0.717, 1.165) is 17.8 Å². The molecule has 2 rings (SSSR count). The number of carbonyl (C=O) groups excluding carboxylic acids is 1. The molecule has 1 aliphatic rings. The Kier molecular flexibility index (Phi) is 3.65. The molecule has 0 aromatic carbocycles. The summed E-state index contributed by atoms with van der Waals surface area (Å²) in [7, 11) is -3.73. The van der Waals surface area contributed by atoms with Crippen LogP contribution in [-0.2, 0) is 14.8 Å². The summed E-state index contributed by atoms with van der Waals surface area (Å²) in [6, 6.07) is 3.97. The van der Waals surface area contributed by atoms with E-state index < -0.39 is 16.1 Å². The van der Waals surface area contributed by atoms with Gasteiger partial charge in [-0.15, -0.1) is 11.3 Å². The summed E-state index contributed by atoms with van der Waals surface area (Å²) in [5.74, 6) is -0.304. The molecule has 96 valence electrons. The van der Waals surface area contributed by atoms with Crippen LogP contribution in [-0.4, -0.2) is 26.9 Å². The minimum Gasteiger partial charge on any atom is -0.355 e. The fourth-order valence-corrected chi connectivity index (χ4v) is 4.00. The highest BCUT2D eigenvalue weighted by molar-refractivity contribution is 7.91. The summed E-state index contributed by atoms with van der Waals surface area (Å²) in [4.78, 5) is 11.8. The summed E-state index contributed by atoms with van der Waals surface area (Å²) < 4.78 is 26.4. The Hall–Kier alpha value is -1.43.